The van der Waals surface area contributed by atoms with Gasteiger partial charge in [-0.2, -0.15) is 4.37 Å². The van der Waals surface area contributed by atoms with Crippen molar-refractivity contribution in [1.82, 2.24) is 9.69 Å². The van der Waals surface area contributed by atoms with Gasteiger partial charge in [0, 0.05) is 11.7 Å². The molecule has 10 heteroatoms. The number of primary amides is 1. The number of anilines is 2. The number of nitrogens with one attached hydrogen (secondary N) is 1. The monoisotopic (exact) mass is 509 g/mol. The van der Waals surface area contributed by atoms with E-state index < -0.39 is 17.9 Å². The van der Waals surface area contributed by atoms with Crippen LogP contribution >= 0.6 is 11.5 Å². The van der Waals surface area contributed by atoms with E-state index in [1.54, 1.807) is 31.2 Å². The Labute approximate surface area is 214 Å². The number of rotatable bonds is 8. The maximum atomic E-state index is 14.0. The number of nitrogens with zero attached hydrogens (tertiary/aromatic N) is 2. The fourth-order valence-corrected chi connectivity index (χ4v) is 5.26. The Morgan fingerprint density at radius 3 is 2.39 bits per heavy atom. The number of aromatic nitrogens is 1. The van der Waals surface area contributed by atoms with E-state index in [4.69, 9.17) is 15.9 Å². The highest BCUT2D eigenvalue weighted by atomic mass is 32.1. The van der Waals surface area contributed by atoms with E-state index >= 15 is 0 Å². The Bertz CT molecular complexity index is 1240. The van der Waals surface area contributed by atoms with Crippen molar-refractivity contribution in [3.8, 4) is 0 Å². The fraction of sp³-hybridized carbons (Fsp3) is 0.385. The summed E-state index contributed by atoms with van der Waals surface area (Å²) >= 11 is 0.779. The molecule has 0 unspecified atom stereocenters. The van der Waals surface area contributed by atoms with E-state index in [-0.39, 0.29) is 28.2 Å². The van der Waals surface area contributed by atoms with E-state index in [1.165, 1.54) is 4.90 Å². The fourth-order valence-electron chi connectivity index (χ4n) is 4.52. The standard InChI is InChI=1S/C26H31N5O4S/c1-3-16-10-12-18(13-11-16)31(26(34)23-20(27)21(24(28)32)30-36-23)22(19-14-9-15(2)35-19)25(33)29-17-7-5-4-6-8-17/h9-14,17,22H,3-8,27H2,1-2H3,(H2,28,32)(H,29,33)/t22-/m1/s1. The molecule has 2 aromatic heterocycles. The zero-order valence-electron chi connectivity index (χ0n) is 20.5. The molecule has 190 valence electrons. The second-order valence-electron chi connectivity index (χ2n) is 9.03. The van der Waals surface area contributed by atoms with Crippen LogP contribution < -0.4 is 21.7 Å². The molecule has 2 heterocycles. The van der Waals surface area contributed by atoms with Gasteiger partial charge in [-0.05, 0) is 67.5 Å². The number of nitrogen functional groups attached to an aromatic ring is 1. The summed E-state index contributed by atoms with van der Waals surface area (Å²) in [5.74, 6) is -0.800. The van der Waals surface area contributed by atoms with Crippen molar-refractivity contribution in [2.24, 2.45) is 5.73 Å². The van der Waals surface area contributed by atoms with Crippen molar-refractivity contribution in [3.63, 3.8) is 0 Å². The number of hydrogen-bond donors (Lipinski definition) is 3. The maximum absolute atomic E-state index is 14.0. The predicted octanol–water partition coefficient (Wildman–Crippen LogP) is 4.13. The summed E-state index contributed by atoms with van der Waals surface area (Å²) in [6, 6.07) is 9.78. The smallest absolute Gasteiger partial charge is 0.273 e. The summed E-state index contributed by atoms with van der Waals surface area (Å²) in [6.45, 7) is 3.81. The molecule has 1 fully saturated rings. The lowest BCUT2D eigenvalue weighted by Gasteiger charge is -2.32. The van der Waals surface area contributed by atoms with Crippen LogP contribution in [0, 0.1) is 6.92 Å². The first-order chi connectivity index (χ1) is 17.3. The normalized spacial score (nSPS) is 14.8. The number of hydrogen-bond acceptors (Lipinski definition) is 7. The molecule has 4 rings (SSSR count). The summed E-state index contributed by atoms with van der Waals surface area (Å²) in [5, 5.41) is 3.13. The van der Waals surface area contributed by atoms with Gasteiger partial charge in [0.1, 0.15) is 16.4 Å². The summed E-state index contributed by atoms with van der Waals surface area (Å²) < 4.78 is 9.88. The van der Waals surface area contributed by atoms with Crippen molar-refractivity contribution in [1.29, 1.82) is 0 Å². The highest BCUT2D eigenvalue weighted by molar-refractivity contribution is 7.09. The minimum absolute atomic E-state index is 0.0270. The number of amides is 3. The van der Waals surface area contributed by atoms with Gasteiger partial charge in [-0.25, -0.2) is 0 Å². The Kier molecular flexibility index (Phi) is 7.73. The van der Waals surface area contributed by atoms with Crippen LogP contribution in [0.25, 0.3) is 0 Å². The van der Waals surface area contributed by atoms with E-state index in [0.717, 1.165) is 55.6 Å². The Morgan fingerprint density at radius 2 is 1.83 bits per heavy atom. The summed E-state index contributed by atoms with van der Waals surface area (Å²) in [5.41, 5.74) is 12.8. The van der Waals surface area contributed by atoms with Crippen molar-refractivity contribution < 1.29 is 18.8 Å². The number of nitrogens with two attached hydrogens (primary N) is 2. The summed E-state index contributed by atoms with van der Waals surface area (Å²) in [7, 11) is 0. The molecule has 1 aliphatic carbocycles. The number of carbonyl (C=O) groups is 3. The van der Waals surface area contributed by atoms with E-state index in [2.05, 4.69) is 9.69 Å². The van der Waals surface area contributed by atoms with Crippen LogP contribution in [-0.2, 0) is 11.2 Å². The van der Waals surface area contributed by atoms with Gasteiger partial charge in [0.05, 0.1) is 5.69 Å². The first-order valence-corrected chi connectivity index (χ1v) is 12.9. The molecule has 1 saturated carbocycles. The minimum atomic E-state index is -1.10. The van der Waals surface area contributed by atoms with Crippen molar-refractivity contribution in [3.05, 3.63) is 64.1 Å². The second kappa shape index (κ2) is 10.9. The Hall–Kier alpha value is -3.66. The van der Waals surface area contributed by atoms with Gasteiger partial charge in [0.25, 0.3) is 17.7 Å². The number of furan rings is 1. The molecule has 1 atom stereocenters. The van der Waals surface area contributed by atoms with Crippen LogP contribution in [0.4, 0.5) is 11.4 Å². The maximum Gasteiger partial charge on any atom is 0.273 e. The lowest BCUT2D eigenvalue weighted by Crippen LogP contribution is -2.47. The van der Waals surface area contributed by atoms with E-state index in [0.29, 0.717) is 17.2 Å². The van der Waals surface area contributed by atoms with Crippen LogP contribution in [0.5, 0.6) is 0 Å². The number of carbonyl (C=O) groups excluding carboxylic acids is 3. The lowest BCUT2D eigenvalue weighted by molar-refractivity contribution is -0.123. The van der Waals surface area contributed by atoms with Gasteiger partial charge >= 0.3 is 0 Å². The van der Waals surface area contributed by atoms with Crippen molar-refractivity contribution in [2.75, 3.05) is 10.6 Å². The number of aryl methyl sites for hydroxylation is 2. The van der Waals surface area contributed by atoms with Gasteiger partial charge in [-0.15, -0.1) is 0 Å². The molecule has 1 aliphatic rings. The molecule has 3 aromatic rings. The molecule has 0 saturated heterocycles. The first kappa shape index (κ1) is 25.4. The SMILES string of the molecule is CCc1ccc(N(C(=O)c2snc(C(N)=O)c2N)[C@@H](C(=O)NC2CCCCC2)c2ccc(C)o2)cc1. The van der Waals surface area contributed by atoms with Crippen LogP contribution in [0.1, 0.15) is 82.3 Å². The first-order valence-electron chi connectivity index (χ1n) is 12.1. The molecule has 36 heavy (non-hydrogen) atoms. The van der Waals surface area contributed by atoms with E-state index in [9.17, 15) is 14.4 Å². The summed E-state index contributed by atoms with van der Waals surface area (Å²) in [4.78, 5) is 41.0. The van der Waals surface area contributed by atoms with E-state index in [1.807, 2.05) is 19.1 Å². The molecular formula is C26H31N5O4S. The van der Waals surface area contributed by atoms with Gasteiger partial charge in [-0.1, -0.05) is 38.3 Å². The van der Waals surface area contributed by atoms with Gasteiger partial charge in [0.2, 0.25) is 0 Å². The quantitative estimate of drug-likeness (QED) is 0.416. The molecule has 0 spiro atoms. The van der Waals surface area contributed by atoms with Gasteiger partial charge in [0.15, 0.2) is 11.7 Å². The summed E-state index contributed by atoms with van der Waals surface area (Å²) in [6.07, 6.45) is 5.83. The highest BCUT2D eigenvalue weighted by Gasteiger charge is 2.38. The molecule has 0 radical (unpaired) electrons. The molecule has 0 bridgehead atoms. The van der Waals surface area contributed by atoms with Gasteiger partial charge < -0.3 is 21.2 Å². The molecule has 9 nitrogen and oxygen atoms in total. The third kappa shape index (κ3) is 5.28. The second-order valence-corrected chi connectivity index (χ2v) is 9.80. The average Bonchev–Trinajstić information content (AvgIpc) is 3.48. The van der Waals surface area contributed by atoms with Crippen LogP contribution in [-0.4, -0.2) is 28.1 Å². The molecule has 3 amide bonds. The van der Waals surface area contributed by atoms with Crippen molar-refractivity contribution >= 4 is 40.6 Å². The topological polar surface area (TPSA) is 145 Å². The largest absolute Gasteiger partial charge is 0.464 e. The third-order valence-electron chi connectivity index (χ3n) is 6.49. The Balaban J connectivity index is 1.81. The number of benzene rings is 1. The third-order valence-corrected chi connectivity index (χ3v) is 7.34. The zero-order chi connectivity index (χ0) is 25.8. The van der Waals surface area contributed by atoms with Crippen LogP contribution in [0.3, 0.4) is 0 Å². The predicted molar refractivity (Wildman–Crippen MR) is 139 cm³/mol. The Morgan fingerprint density at radius 1 is 1.14 bits per heavy atom. The minimum Gasteiger partial charge on any atom is -0.464 e. The van der Waals surface area contributed by atoms with Crippen molar-refractivity contribution in [2.45, 2.75) is 64.5 Å². The average molecular weight is 510 g/mol. The zero-order valence-corrected chi connectivity index (χ0v) is 21.3. The molecule has 1 aromatic carbocycles. The molecular weight excluding hydrogens is 478 g/mol. The van der Waals surface area contributed by atoms with Gasteiger partial charge in [-0.3, -0.25) is 19.3 Å². The molecule has 0 aliphatic heterocycles. The van der Waals surface area contributed by atoms with Crippen LogP contribution in [0.2, 0.25) is 0 Å². The molecule has 5 N–H and O–H groups in total. The van der Waals surface area contributed by atoms with Crippen LogP contribution in [0.15, 0.2) is 40.8 Å². The lowest BCUT2D eigenvalue weighted by atomic mass is 9.95. The highest BCUT2D eigenvalue weighted by Crippen LogP contribution is 2.34.